The molecule has 0 bridgehead atoms. The van der Waals surface area contributed by atoms with Crippen LogP contribution in [0.15, 0.2) is 66.2 Å². The average molecular weight is 399 g/mol. The number of aromatic hydroxyl groups is 1. The molecular weight excluding hydrogens is 378 g/mol. The van der Waals surface area contributed by atoms with Gasteiger partial charge in [-0.25, -0.2) is 9.97 Å². The van der Waals surface area contributed by atoms with Crippen LogP contribution in [0, 0.1) is 0 Å². The molecule has 2 unspecified atom stereocenters. The number of fused-ring (bicyclic) bond motifs is 1. The SMILES string of the molecule is CCn1cc(C23C=CC(=O)C(Cc4cccc(-c5ncc(O)cn5)c4)=NC2C3)cn1. The van der Waals surface area contributed by atoms with Gasteiger partial charge in [-0.15, -0.1) is 0 Å². The van der Waals surface area contributed by atoms with Crippen LogP contribution in [0.2, 0.25) is 0 Å². The standard InChI is InChI=1S/C23H21N5O2/c1-2-28-14-17(11-26-28)23-7-6-20(30)19(27-21(23)10-23)9-15-4-3-5-16(8-15)22-24-12-18(29)13-25-22/h3-8,11-14,21,29H,2,9-10H2,1H3. The summed E-state index contributed by atoms with van der Waals surface area (Å²) in [6.07, 6.45) is 11.7. The zero-order chi connectivity index (χ0) is 20.7. The molecule has 1 saturated carbocycles. The minimum absolute atomic E-state index is 0.0255. The van der Waals surface area contributed by atoms with Gasteiger partial charge in [0.2, 0.25) is 0 Å². The van der Waals surface area contributed by atoms with Crippen LogP contribution in [0.3, 0.4) is 0 Å². The quantitative estimate of drug-likeness (QED) is 0.712. The number of hydrogen-bond donors (Lipinski definition) is 1. The van der Waals surface area contributed by atoms with Gasteiger partial charge in [0.05, 0.1) is 30.3 Å². The third-order valence-corrected chi connectivity index (χ3v) is 5.78. The van der Waals surface area contributed by atoms with Gasteiger partial charge in [0.25, 0.3) is 0 Å². The van der Waals surface area contributed by atoms with Gasteiger partial charge in [0.1, 0.15) is 0 Å². The Balaban J connectivity index is 1.40. The molecule has 7 nitrogen and oxygen atoms in total. The van der Waals surface area contributed by atoms with Crippen molar-refractivity contribution in [1.82, 2.24) is 19.7 Å². The van der Waals surface area contributed by atoms with Crippen LogP contribution >= 0.6 is 0 Å². The van der Waals surface area contributed by atoms with Crippen molar-refractivity contribution < 1.29 is 9.90 Å². The molecule has 30 heavy (non-hydrogen) atoms. The number of ketones is 1. The average Bonchev–Trinajstić information content (AvgIpc) is 3.27. The number of carbonyl (C=O) groups is 1. The van der Waals surface area contributed by atoms with Crippen LogP contribution in [0.5, 0.6) is 5.75 Å². The van der Waals surface area contributed by atoms with Crippen LogP contribution in [0.4, 0.5) is 0 Å². The lowest BCUT2D eigenvalue weighted by Gasteiger charge is -2.07. The van der Waals surface area contributed by atoms with Gasteiger partial charge in [0.15, 0.2) is 17.4 Å². The third-order valence-electron chi connectivity index (χ3n) is 5.78. The normalized spacial score (nSPS) is 22.4. The molecule has 0 radical (unpaired) electrons. The fraction of sp³-hybridized carbons (Fsp3) is 0.261. The van der Waals surface area contributed by atoms with Crippen molar-refractivity contribution >= 4 is 11.5 Å². The molecule has 0 spiro atoms. The van der Waals surface area contributed by atoms with E-state index in [1.807, 2.05) is 41.2 Å². The summed E-state index contributed by atoms with van der Waals surface area (Å²) < 4.78 is 1.90. The van der Waals surface area contributed by atoms with E-state index in [2.05, 4.69) is 28.2 Å². The van der Waals surface area contributed by atoms with E-state index in [-0.39, 0.29) is 23.0 Å². The second kappa shape index (κ2) is 7.02. The minimum Gasteiger partial charge on any atom is -0.505 e. The monoisotopic (exact) mass is 399 g/mol. The predicted molar refractivity (Wildman–Crippen MR) is 112 cm³/mol. The molecule has 5 rings (SSSR count). The zero-order valence-corrected chi connectivity index (χ0v) is 16.6. The molecule has 1 aliphatic carbocycles. The Morgan fingerprint density at radius 3 is 2.83 bits per heavy atom. The van der Waals surface area contributed by atoms with Crippen molar-refractivity contribution in [2.75, 3.05) is 0 Å². The topological polar surface area (TPSA) is 93.3 Å². The van der Waals surface area contributed by atoms with E-state index in [0.29, 0.717) is 18.0 Å². The fourth-order valence-corrected chi connectivity index (χ4v) is 3.97. The first kappa shape index (κ1) is 18.4. The summed E-state index contributed by atoms with van der Waals surface area (Å²) in [7, 11) is 0. The molecule has 0 saturated heterocycles. The first-order valence-corrected chi connectivity index (χ1v) is 10.0. The maximum atomic E-state index is 12.7. The predicted octanol–water partition coefficient (Wildman–Crippen LogP) is 2.90. The minimum atomic E-state index is -0.202. The molecule has 2 aliphatic rings. The molecule has 7 heteroatoms. The molecule has 150 valence electrons. The van der Waals surface area contributed by atoms with Crippen molar-refractivity contribution in [3.63, 3.8) is 0 Å². The number of rotatable bonds is 5. The summed E-state index contributed by atoms with van der Waals surface area (Å²) in [5, 5.41) is 13.8. The second-order valence-electron chi connectivity index (χ2n) is 7.76. The highest BCUT2D eigenvalue weighted by Crippen LogP contribution is 2.52. The Hall–Kier alpha value is -3.61. The van der Waals surface area contributed by atoms with Gasteiger partial charge in [-0.2, -0.15) is 5.10 Å². The van der Waals surface area contributed by atoms with Crippen molar-refractivity contribution in [2.45, 2.75) is 37.8 Å². The lowest BCUT2D eigenvalue weighted by molar-refractivity contribution is -0.109. The summed E-state index contributed by atoms with van der Waals surface area (Å²) in [6, 6.07) is 7.83. The highest BCUT2D eigenvalue weighted by atomic mass is 16.3. The Kier molecular flexibility index (Phi) is 4.31. The maximum Gasteiger partial charge on any atom is 0.199 e. The van der Waals surface area contributed by atoms with E-state index in [0.717, 1.165) is 29.7 Å². The molecule has 3 heterocycles. The maximum absolute atomic E-state index is 12.7. The van der Waals surface area contributed by atoms with Crippen molar-refractivity contribution in [2.24, 2.45) is 4.99 Å². The Morgan fingerprint density at radius 2 is 2.07 bits per heavy atom. The van der Waals surface area contributed by atoms with Gasteiger partial charge in [0, 0.05) is 35.7 Å². The number of benzene rings is 1. The van der Waals surface area contributed by atoms with Gasteiger partial charge in [-0.05, 0) is 31.1 Å². The van der Waals surface area contributed by atoms with Crippen LogP contribution in [-0.2, 0) is 23.2 Å². The molecule has 2 aromatic heterocycles. The number of carbonyl (C=O) groups excluding carboxylic acids is 1. The fourth-order valence-electron chi connectivity index (χ4n) is 3.97. The number of aliphatic imine (C=N–C) groups is 1. The van der Waals surface area contributed by atoms with E-state index >= 15 is 0 Å². The molecule has 1 aliphatic heterocycles. The Morgan fingerprint density at radius 1 is 1.23 bits per heavy atom. The highest BCUT2D eigenvalue weighted by Gasteiger charge is 2.55. The summed E-state index contributed by atoms with van der Waals surface area (Å²) in [6.45, 7) is 2.87. The molecule has 0 amide bonds. The Labute approximate surface area is 173 Å². The summed E-state index contributed by atoms with van der Waals surface area (Å²) in [4.78, 5) is 25.9. The lowest BCUT2D eigenvalue weighted by Crippen LogP contribution is -2.15. The van der Waals surface area contributed by atoms with Gasteiger partial charge < -0.3 is 5.11 Å². The van der Waals surface area contributed by atoms with E-state index in [1.54, 1.807) is 6.08 Å². The molecule has 1 aromatic carbocycles. The van der Waals surface area contributed by atoms with E-state index < -0.39 is 0 Å². The van der Waals surface area contributed by atoms with E-state index in [9.17, 15) is 9.90 Å². The number of nitrogens with zero attached hydrogens (tertiary/aromatic N) is 5. The van der Waals surface area contributed by atoms with Gasteiger partial charge in [-0.1, -0.05) is 24.3 Å². The molecule has 2 atom stereocenters. The Bertz CT molecular complexity index is 1180. The van der Waals surface area contributed by atoms with Crippen LogP contribution in [0.1, 0.15) is 24.5 Å². The zero-order valence-electron chi connectivity index (χ0n) is 16.6. The number of allylic oxidation sites excluding steroid dienone is 1. The molecular formula is C23H21N5O2. The highest BCUT2D eigenvalue weighted by molar-refractivity contribution is 6.44. The van der Waals surface area contributed by atoms with E-state index in [1.165, 1.54) is 12.4 Å². The largest absolute Gasteiger partial charge is 0.505 e. The van der Waals surface area contributed by atoms with Crippen molar-refractivity contribution in [3.8, 4) is 17.1 Å². The van der Waals surface area contributed by atoms with Crippen LogP contribution < -0.4 is 0 Å². The molecule has 1 N–H and O–H groups in total. The summed E-state index contributed by atoms with van der Waals surface area (Å²) in [5.74, 6) is 0.506. The summed E-state index contributed by atoms with van der Waals surface area (Å²) >= 11 is 0. The van der Waals surface area contributed by atoms with Gasteiger partial charge in [-0.3, -0.25) is 14.5 Å². The number of aryl methyl sites for hydroxylation is 1. The van der Waals surface area contributed by atoms with Crippen molar-refractivity contribution in [3.05, 3.63) is 72.3 Å². The smallest absolute Gasteiger partial charge is 0.199 e. The third kappa shape index (κ3) is 3.22. The number of hydrogen-bond acceptors (Lipinski definition) is 6. The van der Waals surface area contributed by atoms with Crippen LogP contribution in [0.25, 0.3) is 11.4 Å². The van der Waals surface area contributed by atoms with Crippen LogP contribution in [-0.4, -0.2) is 42.4 Å². The summed E-state index contributed by atoms with van der Waals surface area (Å²) in [5.41, 5.74) is 3.29. The molecule has 3 aromatic rings. The first-order chi connectivity index (χ1) is 14.6. The number of aromatic nitrogens is 4. The van der Waals surface area contributed by atoms with E-state index in [4.69, 9.17) is 4.99 Å². The lowest BCUT2D eigenvalue weighted by atomic mass is 9.97. The molecule has 1 fully saturated rings. The first-order valence-electron chi connectivity index (χ1n) is 10.0. The second-order valence-corrected chi connectivity index (χ2v) is 7.76. The van der Waals surface area contributed by atoms with Crippen molar-refractivity contribution in [1.29, 1.82) is 0 Å². The van der Waals surface area contributed by atoms with Gasteiger partial charge >= 0.3 is 0 Å².